The number of aliphatic carboxylic acids is 1. The van der Waals surface area contributed by atoms with E-state index in [1.54, 1.807) is 52.3 Å². The summed E-state index contributed by atoms with van der Waals surface area (Å²) < 4.78 is 0.871. The van der Waals surface area contributed by atoms with Crippen molar-refractivity contribution in [2.24, 2.45) is 0 Å². The number of fused-ring (bicyclic) bond motifs is 1. The van der Waals surface area contributed by atoms with Crippen LogP contribution in [-0.4, -0.2) is 34.3 Å². The molecule has 4 rings (SSSR count). The zero-order valence-electron chi connectivity index (χ0n) is 20.1. The summed E-state index contributed by atoms with van der Waals surface area (Å²) in [6, 6.07) is 17.0. The van der Waals surface area contributed by atoms with E-state index >= 15 is 0 Å². The van der Waals surface area contributed by atoms with Gasteiger partial charge in [0.05, 0.1) is 11.3 Å². The van der Waals surface area contributed by atoms with Gasteiger partial charge in [-0.3, -0.25) is 14.4 Å². The molecule has 0 aromatic heterocycles. The third-order valence-electron chi connectivity index (χ3n) is 6.41. The number of nitrogens with zero attached hydrogens (tertiary/aromatic N) is 2. The topological polar surface area (TPSA) is 77.9 Å². The van der Waals surface area contributed by atoms with Gasteiger partial charge in [0.1, 0.15) is 6.04 Å². The molecule has 3 aromatic rings. The number of aryl methyl sites for hydroxylation is 1. The second-order valence-corrected chi connectivity index (χ2v) is 11.1. The second kappa shape index (κ2) is 11.8. The normalized spacial score (nSPS) is 15.5. The lowest BCUT2D eigenvalue weighted by Gasteiger charge is -2.32. The number of amides is 2. The summed E-state index contributed by atoms with van der Waals surface area (Å²) in [5.41, 5.74) is 3.40. The van der Waals surface area contributed by atoms with E-state index in [9.17, 15) is 14.4 Å². The Labute approximate surface area is 239 Å². The van der Waals surface area contributed by atoms with Crippen molar-refractivity contribution in [1.29, 1.82) is 0 Å². The van der Waals surface area contributed by atoms with Gasteiger partial charge >= 0.3 is 5.97 Å². The van der Waals surface area contributed by atoms with Crippen LogP contribution in [0.25, 0.3) is 0 Å². The van der Waals surface area contributed by atoms with Gasteiger partial charge in [0.15, 0.2) is 0 Å². The number of anilines is 1. The number of carbonyl (C=O) groups excluding carboxylic acids is 2. The van der Waals surface area contributed by atoms with Crippen LogP contribution < -0.4 is 4.90 Å². The van der Waals surface area contributed by atoms with Gasteiger partial charge in [-0.15, -0.1) is 0 Å². The third kappa shape index (κ3) is 6.27. The predicted octanol–water partition coefficient (Wildman–Crippen LogP) is 6.89. The number of rotatable bonds is 8. The Kier molecular flexibility index (Phi) is 8.77. The summed E-state index contributed by atoms with van der Waals surface area (Å²) in [7, 11) is 0. The highest BCUT2D eigenvalue weighted by atomic mass is 127. The number of benzene rings is 3. The minimum Gasteiger partial charge on any atom is -0.481 e. The van der Waals surface area contributed by atoms with Crippen molar-refractivity contribution in [3.63, 3.8) is 0 Å². The summed E-state index contributed by atoms with van der Waals surface area (Å²) in [5, 5.41) is 10.2. The van der Waals surface area contributed by atoms with Crippen molar-refractivity contribution in [1.82, 2.24) is 4.90 Å². The van der Waals surface area contributed by atoms with E-state index in [1.165, 1.54) is 0 Å². The van der Waals surface area contributed by atoms with Crippen molar-refractivity contribution in [2.45, 2.75) is 38.8 Å². The van der Waals surface area contributed by atoms with Crippen LogP contribution in [0.15, 0.2) is 60.7 Å². The molecule has 0 radical (unpaired) electrons. The highest BCUT2D eigenvalue weighted by Gasteiger charge is 2.40. The highest BCUT2D eigenvalue weighted by molar-refractivity contribution is 14.1. The molecule has 37 heavy (non-hydrogen) atoms. The summed E-state index contributed by atoms with van der Waals surface area (Å²) in [4.78, 5) is 42.7. The molecule has 0 aliphatic carbocycles. The number of unbranched alkanes of at least 4 members (excludes halogenated alkanes) is 1. The fraction of sp³-hybridized carbons (Fsp3) is 0.250. The minimum absolute atomic E-state index is 0.0170. The van der Waals surface area contributed by atoms with Crippen LogP contribution in [0.4, 0.5) is 5.69 Å². The SMILES string of the molecule is Cc1cc(Cl)ccc1CN1C(=O)c2cc(I)ccc2N(CCCCC(=O)O)C(=O)[C@@H]1c1ccc(Cl)cc1. The Bertz CT molecular complexity index is 1350. The number of carboxylic acid groups (broad SMARTS) is 1. The minimum atomic E-state index is -0.899. The monoisotopic (exact) mass is 650 g/mol. The zero-order valence-corrected chi connectivity index (χ0v) is 23.8. The Morgan fingerprint density at radius 3 is 2.35 bits per heavy atom. The van der Waals surface area contributed by atoms with Gasteiger partial charge < -0.3 is 14.9 Å². The smallest absolute Gasteiger partial charge is 0.303 e. The van der Waals surface area contributed by atoms with Crippen molar-refractivity contribution in [3.05, 3.63) is 96.5 Å². The summed E-state index contributed by atoms with van der Waals surface area (Å²) in [6.07, 6.45) is 0.927. The van der Waals surface area contributed by atoms with Crippen molar-refractivity contribution < 1.29 is 19.5 Å². The molecule has 1 N–H and O–H groups in total. The zero-order chi connectivity index (χ0) is 26.7. The Hall–Kier alpha value is -2.62. The molecule has 9 heteroatoms. The molecule has 192 valence electrons. The lowest BCUT2D eigenvalue weighted by molar-refractivity contribution is -0.137. The van der Waals surface area contributed by atoms with E-state index < -0.39 is 12.0 Å². The van der Waals surface area contributed by atoms with Gasteiger partial charge in [-0.05, 0) is 102 Å². The number of hydrogen-bond acceptors (Lipinski definition) is 3. The molecule has 0 bridgehead atoms. The number of carbonyl (C=O) groups is 3. The molecule has 3 aromatic carbocycles. The van der Waals surface area contributed by atoms with Gasteiger partial charge in [-0.1, -0.05) is 41.4 Å². The van der Waals surface area contributed by atoms with Gasteiger partial charge in [-0.25, -0.2) is 0 Å². The van der Waals surface area contributed by atoms with E-state index in [2.05, 4.69) is 22.6 Å². The molecule has 1 heterocycles. The van der Waals surface area contributed by atoms with Crippen LogP contribution in [0.1, 0.15) is 52.4 Å². The molecule has 0 spiro atoms. The van der Waals surface area contributed by atoms with Crippen molar-refractivity contribution >= 4 is 69.3 Å². The van der Waals surface area contributed by atoms with E-state index in [0.717, 1.165) is 14.7 Å². The maximum absolute atomic E-state index is 14.3. The largest absolute Gasteiger partial charge is 0.481 e. The van der Waals surface area contributed by atoms with Gasteiger partial charge in [0, 0.05) is 33.1 Å². The molecule has 0 saturated heterocycles. The summed E-state index contributed by atoms with van der Waals surface area (Å²) in [6.45, 7) is 2.43. The Morgan fingerprint density at radius 2 is 1.68 bits per heavy atom. The standard InChI is InChI=1S/C28H25Cl2IN2O4/c1-17-14-21(30)10-7-19(17)16-33-26(18-5-8-20(29)9-6-18)28(37)32(13-3-2-4-25(34)35)24-12-11-22(31)15-23(24)27(33)36/h5-12,14-15,26H,2-4,13,16H2,1H3,(H,34,35)/t26-/m0/s1. The Morgan fingerprint density at radius 1 is 0.973 bits per heavy atom. The molecule has 1 aliphatic heterocycles. The van der Waals surface area contributed by atoms with E-state index in [1.807, 2.05) is 25.1 Å². The number of halogens is 3. The summed E-state index contributed by atoms with van der Waals surface area (Å²) in [5.74, 6) is -1.39. The van der Waals surface area contributed by atoms with Gasteiger partial charge in [0.2, 0.25) is 0 Å². The van der Waals surface area contributed by atoms with Crippen molar-refractivity contribution in [2.75, 3.05) is 11.4 Å². The molecule has 0 saturated carbocycles. The average Bonchev–Trinajstić information content (AvgIpc) is 2.93. The molecular formula is C28H25Cl2IN2O4. The first-order chi connectivity index (χ1) is 17.7. The molecule has 1 aliphatic rings. The molecular weight excluding hydrogens is 626 g/mol. The fourth-order valence-electron chi connectivity index (χ4n) is 4.51. The summed E-state index contributed by atoms with van der Waals surface area (Å²) >= 11 is 14.5. The third-order valence-corrected chi connectivity index (χ3v) is 7.56. The predicted molar refractivity (Wildman–Crippen MR) is 153 cm³/mol. The van der Waals surface area contributed by atoms with Crippen LogP contribution in [0.2, 0.25) is 10.0 Å². The van der Waals surface area contributed by atoms with Crippen LogP contribution in [-0.2, 0) is 16.1 Å². The molecule has 0 unspecified atom stereocenters. The van der Waals surface area contributed by atoms with Crippen LogP contribution in [0, 0.1) is 10.5 Å². The number of hydrogen-bond donors (Lipinski definition) is 1. The quantitative estimate of drug-likeness (QED) is 0.213. The van der Waals surface area contributed by atoms with E-state index in [-0.39, 0.29) is 24.8 Å². The number of carboxylic acids is 1. The van der Waals surface area contributed by atoms with Crippen molar-refractivity contribution in [3.8, 4) is 0 Å². The highest BCUT2D eigenvalue weighted by Crippen LogP contribution is 2.37. The van der Waals surface area contributed by atoms with Gasteiger partial charge in [-0.2, -0.15) is 0 Å². The van der Waals surface area contributed by atoms with Crippen LogP contribution >= 0.6 is 45.8 Å². The maximum atomic E-state index is 14.3. The molecule has 2 amide bonds. The lowest BCUT2D eigenvalue weighted by atomic mass is 10.0. The van der Waals surface area contributed by atoms with Gasteiger partial charge in [0.25, 0.3) is 11.8 Å². The maximum Gasteiger partial charge on any atom is 0.303 e. The Balaban J connectivity index is 1.83. The first-order valence-electron chi connectivity index (χ1n) is 11.8. The fourth-order valence-corrected chi connectivity index (χ4v) is 5.36. The first kappa shape index (κ1) is 27.4. The second-order valence-electron chi connectivity index (χ2n) is 8.96. The van der Waals surface area contributed by atoms with Crippen LogP contribution in [0.5, 0.6) is 0 Å². The average molecular weight is 651 g/mol. The van der Waals surface area contributed by atoms with Crippen LogP contribution in [0.3, 0.4) is 0 Å². The molecule has 6 nitrogen and oxygen atoms in total. The lowest BCUT2D eigenvalue weighted by Crippen LogP contribution is -2.42. The van der Waals surface area contributed by atoms with E-state index in [4.69, 9.17) is 28.3 Å². The molecule has 1 atom stereocenters. The molecule has 0 fully saturated rings. The first-order valence-corrected chi connectivity index (χ1v) is 13.6. The van der Waals surface area contributed by atoms with E-state index in [0.29, 0.717) is 46.2 Å².